The molecule has 3 rings (SSSR count). The molecule has 0 fully saturated rings. The second-order valence-corrected chi connectivity index (χ2v) is 6.49. The number of rotatable bonds is 3. The first kappa shape index (κ1) is 13.8. The van der Waals surface area contributed by atoms with E-state index >= 15 is 0 Å². The van der Waals surface area contributed by atoms with Crippen molar-refractivity contribution < 1.29 is 13.2 Å². The molecule has 0 spiro atoms. The van der Waals surface area contributed by atoms with Crippen LogP contribution in [0.2, 0.25) is 0 Å². The molecule has 1 amide bonds. The van der Waals surface area contributed by atoms with E-state index in [9.17, 15) is 13.2 Å². The summed E-state index contributed by atoms with van der Waals surface area (Å²) in [6.45, 7) is 0.237. The molecular weight excluding hydrogens is 288 g/mol. The molecule has 0 saturated heterocycles. The molecule has 0 radical (unpaired) electrons. The van der Waals surface area contributed by atoms with Crippen molar-refractivity contribution in [2.75, 3.05) is 0 Å². The Morgan fingerprint density at radius 2 is 1.52 bits per heavy atom. The van der Waals surface area contributed by atoms with Gasteiger partial charge in [0.15, 0.2) is 0 Å². The highest BCUT2D eigenvalue weighted by molar-refractivity contribution is 7.89. The largest absolute Gasteiger partial charge is 0.273 e. The summed E-state index contributed by atoms with van der Waals surface area (Å²) in [5.41, 5.74) is 1.89. The lowest BCUT2D eigenvalue weighted by Gasteiger charge is -2.28. The van der Waals surface area contributed by atoms with Gasteiger partial charge in [0.05, 0.1) is 17.9 Å². The van der Waals surface area contributed by atoms with Crippen LogP contribution in [-0.4, -0.2) is 19.3 Å². The predicted octanol–water partition coefficient (Wildman–Crippen LogP) is 1.46. The lowest BCUT2D eigenvalue weighted by atomic mass is 10.0. The topological polar surface area (TPSA) is 66.5 Å². The van der Waals surface area contributed by atoms with Crippen LogP contribution < -0.4 is 4.83 Å². The van der Waals surface area contributed by atoms with Crippen LogP contribution in [0, 0.1) is 0 Å². The van der Waals surface area contributed by atoms with Gasteiger partial charge in [0.1, 0.15) is 0 Å². The number of nitrogens with zero attached hydrogens (tertiary/aromatic N) is 1. The number of amides is 1. The molecule has 1 N–H and O–H groups in total. The first-order valence-corrected chi connectivity index (χ1v) is 7.99. The minimum absolute atomic E-state index is 0.136. The Morgan fingerprint density at radius 1 is 0.905 bits per heavy atom. The lowest BCUT2D eigenvalue weighted by molar-refractivity contribution is -0.133. The van der Waals surface area contributed by atoms with Crippen LogP contribution >= 0.6 is 0 Å². The highest BCUT2D eigenvalue weighted by atomic mass is 32.2. The maximum absolute atomic E-state index is 12.3. The van der Waals surface area contributed by atoms with Gasteiger partial charge in [-0.2, -0.15) is 0 Å². The number of benzene rings is 2. The highest BCUT2D eigenvalue weighted by Gasteiger charge is 2.27. The van der Waals surface area contributed by atoms with E-state index in [1.165, 1.54) is 12.1 Å². The van der Waals surface area contributed by atoms with Gasteiger partial charge >= 0.3 is 0 Å². The summed E-state index contributed by atoms with van der Waals surface area (Å²) in [6.07, 6.45) is 0.202. The van der Waals surface area contributed by atoms with Crippen LogP contribution in [-0.2, 0) is 27.8 Å². The lowest BCUT2D eigenvalue weighted by Crippen LogP contribution is -2.48. The Kier molecular flexibility index (Phi) is 3.48. The fourth-order valence-electron chi connectivity index (χ4n) is 2.28. The van der Waals surface area contributed by atoms with Crippen molar-refractivity contribution in [2.24, 2.45) is 0 Å². The van der Waals surface area contributed by atoms with Crippen molar-refractivity contribution in [3.63, 3.8) is 0 Å². The summed E-state index contributed by atoms with van der Waals surface area (Å²) >= 11 is 0. The van der Waals surface area contributed by atoms with Crippen molar-refractivity contribution in [1.82, 2.24) is 9.84 Å². The monoisotopic (exact) mass is 302 g/mol. The number of hydrazine groups is 1. The van der Waals surface area contributed by atoms with E-state index in [0.29, 0.717) is 0 Å². The van der Waals surface area contributed by atoms with E-state index in [0.717, 1.165) is 16.1 Å². The van der Waals surface area contributed by atoms with Crippen LogP contribution in [0.3, 0.4) is 0 Å². The van der Waals surface area contributed by atoms with Crippen LogP contribution in [0.4, 0.5) is 0 Å². The first-order valence-electron chi connectivity index (χ1n) is 6.51. The Hall–Kier alpha value is -2.18. The van der Waals surface area contributed by atoms with Gasteiger partial charge in [0.2, 0.25) is 5.91 Å². The molecular formula is C15H14N2O3S. The number of carbonyl (C=O) groups is 1. The normalized spacial score (nSPS) is 14.9. The second kappa shape index (κ2) is 5.31. The average molecular weight is 302 g/mol. The van der Waals surface area contributed by atoms with Gasteiger partial charge in [-0.05, 0) is 23.3 Å². The number of hydrogen-bond donors (Lipinski definition) is 1. The van der Waals surface area contributed by atoms with E-state index in [-0.39, 0.29) is 23.8 Å². The van der Waals surface area contributed by atoms with E-state index in [2.05, 4.69) is 4.83 Å². The second-order valence-electron chi connectivity index (χ2n) is 4.83. The summed E-state index contributed by atoms with van der Waals surface area (Å²) in [4.78, 5) is 14.6. The molecule has 6 heteroatoms. The number of carbonyl (C=O) groups excluding carboxylic acids is 1. The van der Waals surface area contributed by atoms with Crippen molar-refractivity contribution in [1.29, 1.82) is 0 Å². The third-order valence-corrected chi connectivity index (χ3v) is 4.73. The third-order valence-electron chi connectivity index (χ3n) is 3.37. The SMILES string of the molecule is O=C1Cc2ccccc2CN1NS(=O)(=O)c1ccccc1. The fraction of sp³-hybridized carbons (Fsp3) is 0.133. The maximum Gasteiger partial charge on any atom is 0.257 e. The molecule has 108 valence electrons. The number of sulfonamides is 1. The van der Waals surface area contributed by atoms with Crippen molar-refractivity contribution in [2.45, 2.75) is 17.9 Å². The van der Waals surface area contributed by atoms with Gasteiger partial charge in [0, 0.05) is 0 Å². The van der Waals surface area contributed by atoms with Gasteiger partial charge in [-0.3, -0.25) is 9.80 Å². The standard InChI is InChI=1S/C15H14N2O3S/c18-15-10-12-6-4-5-7-13(12)11-17(15)16-21(19,20)14-8-2-1-3-9-14/h1-9,16H,10-11H2. The molecule has 0 aromatic heterocycles. The van der Waals surface area contributed by atoms with E-state index in [1.54, 1.807) is 18.2 Å². The summed E-state index contributed by atoms with van der Waals surface area (Å²) in [5, 5.41) is 1.16. The van der Waals surface area contributed by atoms with Gasteiger partial charge < -0.3 is 0 Å². The predicted molar refractivity (Wildman–Crippen MR) is 77.5 cm³/mol. The summed E-state index contributed by atoms with van der Waals surface area (Å²) in [7, 11) is -3.74. The molecule has 0 saturated carbocycles. The van der Waals surface area contributed by atoms with Gasteiger partial charge in [0.25, 0.3) is 10.0 Å². The summed E-state index contributed by atoms with van der Waals surface area (Å²) < 4.78 is 24.5. The zero-order chi connectivity index (χ0) is 14.9. The zero-order valence-electron chi connectivity index (χ0n) is 11.2. The fourth-order valence-corrected chi connectivity index (χ4v) is 3.36. The Bertz CT molecular complexity index is 773. The number of fused-ring (bicyclic) bond motifs is 1. The van der Waals surface area contributed by atoms with E-state index in [1.807, 2.05) is 24.3 Å². The molecule has 0 bridgehead atoms. The average Bonchev–Trinajstić information content (AvgIpc) is 2.49. The highest BCUT2D eigenvalue weighted by Crippen LogP contribution is 2.19. The molecule has 0 unspecified atom stereocenters. The molecule has 0 aliphatic carbocycles. The molecule has 1 heterocycles. The van der Waals surface area contributed by atoms with Crippen LogP contribution in [0.15, 0.2) is 59.5 Å². The van der Waals surface area contributed by atoms with Crippen molar-refractivity contribution in [3.05, 3.63) is 65.7 Å². The van der Waals surface area contributed by atoms with Gasteiger partial charge in [-0.1, -0.05) is 42.5 Å². The van der Waals surface area contributed by atoms with Crippen LogP contribution in [0.25, 0.3) is 0 Å². The molecule has 21 heavy (non-hydrogen) atoms. The number of hydrogen-bond acceptors (Lipinski definition) is 3. The molecule has 1 aliphatic heterocycles. The first-order chi connectivity index (χ1) is 10.1. The molecule has 1 aliphatic rings. The smallest absolute Gasteiger partial charge is 0.257 e. The molecule has 2 aromatic rings. The molecule has 5 nitrogen and oxygen atoms in total. The van der Waals surface area contributed by atoms with Crippen LogP contribution in [0.5, 0.6) is 0 Å². The van der Waals surface area contributed by atoms with Gasteiger partial charge in [-0.15, -0.1) is 4.83 Å². The van der Waals surface area contributed by atoms with Crippen molar-refractivity contribution >= 4 is 15.9 Å². The quantitative estimate of drug-likeness (QED) is 0.933. The summed E-state index contributed by atoms with van der Waals surface area (Å²) in [5.74, 6) is -0.256. The van der Waals surface area contributed by atoms with E-state index < -0.39 is 10.0 Å². The number of nitrogens with one attached hydrogen (secondary N) is 1. The van der Waals surface area contributed by atoms with E-state index in [4.69, 9.17) is 0 Å². The summed E-state index contributed by atoms with van der Waals surface area (Å²) in [6, 6.07) is 15.5. The Balaban J connectivity index is 1.85. The molecule has 0 atom stereocenters. The van der Waals surface area contributed by atoms with Gasteiger partial charge in [-0.25, -0.2) is 8.42 Å². The Labute approximate surface area is 123 Å². The zero-order valence-corrected chi connectivity index (χ0v) is 12.0. The molecule has 2 aromatic carbocycles. The maximum atomic E-state index is 12.3. The minimum atomic E-state index is -3.74. The third kappa shape index (κ3) is 2.81. The van der Waals surface area contributed by atoms with Crippen molar-refractivity contribution in [3.8, 4) is 0 Å². The minimum Gasteiger partial charge on any atom is -0.273 e. The van der Waals surface area contributed by atoms with Crippen LogP contribution in [0.1, 0.15) is 11.1 Å². The Morgan fingerprint density at radius 3 is 2.24 bits per heavy atom.